The number of benzene rings is 1. The Labute approximate surface area is 99.4 Å². The zero-order valence-corrected chi connectivity index (χ0v) is 9.84. The lowest BCUT2D eigenvalue weighted by Crippen LogP contribution is -2.38. The highest BCUT2D eigenvalue weighted by molar-refractivity contribution is 6.19. The number of alkyl halides is 1. The minimum Gasteiger partial charge on any atom is -0.507 e. The molecule has 2 rings (SSSR count). The summed E-state index contributed by atoms with van der Waals surface area (Å²) in [6.07, 6.45) is 1.82. The first-order valence-electron chi connectivity index (χ1n) is 5.24. The molecule has 1 amide bonds. The molecule has 86 valence electrons. The van der Waals surface area contributed by atoms with Crippen LogP contribution in [0.3, 0.4) is 0 Å². The van der Waals surface area contributed by atoms with Gasteiger partial charge in [-0.05, 0) is 37.5 Å². The van der Waals surface area contributed by atoms with E-state index in [1.54, 1.807) is 18.2 Å². The zero-order chi connectivity index (χ0) is 11.8. The van der Waals surface area contributed by atoms with Gasteiger partial charge in [-0.15, -0.1) is 11.6 Å². The number of hydrogen-bond donors (Lipinski definition) is 2. The van der Waals surface area contributed by atoms with Crippen LogP contribution in [0, 0.1) is 6.92 Å². The van der Waals surface area contributed by atoms with E-state index in [4.69, 9.17) is 11.6 Å². The van der Waals surface area contributed by atoms with Gasteiger partial charge < -0.3 is 10.4 Å². The van der Waals surface area contributed by atoms with Gasteiger partial charge in [-0.25, -0.2) is 0 Å². The maximum atomic E-state index is 11.9. The maximum absolute atomic E-state index is 11.9. The Balaban J connectivity index is 2.15. The predicted molar refractivity (Wildman–Crippen MR) is 63.0 cm³/mol. The third-order valence-electron chi connectivity index (χ3n) is 2.89. The molecule has 1 saturated carbocycles. The van der Waals surface area contributed by atoms with E-state index in [0.29, 0.717) is 11.4 Å². The van der Waals surface area contributed by atoms with E-state index in [-0.39, 0.29) is 17.2 Å². The van der Waals surface area contributed by atoms with Gasteiger partial charge >= 0.3 is 0 Å². The van der Waals surface area contributed by atoms with Gasteiger partial charge in [-0.2, -0.15) is 0 Å². The first-order valence-corrected chi connectivity index (χ1v) is 5.78. The first-order chi connectivity index (χ1) is 7.56. The number of hydrogen-bond acceptors (Lipinski definition) is 2. The fourth-order valence-corrected chi connectivity index (χ4v) is 1.92. The number of nitrogens with one attached hydrogen (secondary N) is 1. The van der Waals surface area contributed by atoms with Crippen molar-refractivity contribution in [1.82, 2.24) is 5.32 Å². The molecule has 0 aromatic heterocycles. The van der Waals surface area contributed by atoms with Crippen LogP contribution in [0.1, 0.15) is 28.8 Å². The summed E-state index contributed by atoms with van der Waals surface area (Å²) in [5.41, 5.74) is 0.991. The number of halogens is 1. The van der Waals surface area contributed by atoms with Crippen LogP contribution in [0.4, 0.5) is 0 Å². The van der Waals surface area contributed by atoms with Crippen molar-refractivity contribution in [2.75, 3.05) is 5.88 Å². The number of aromatic hydroxyl groups is 1. The number of phenols is 1. The minimum atomic E-state index is -0.254. The summed E-state index contributed by atoms with van der Waals surface area (Å²) in [5.74, 6) is 0.185. The SMILES string of the molecule is Cc1ccc(C(=O)NC2(CCl)CC2)c(O)c1. The summed E-state index contributed by atoms with van der Waals surface area (Å²) >= 11 is 5.78. The average molecular weight is 240 g/mol. The van der Waals surface area contributed by atoms with E-state index in [2.05, 4.69) is 5.32 Å². The number of rotatable bonds is 3. The van der Waals surface area contributed by atoms with Crippen molar-refractivity contribution in [1.29, 1.82) is 0 Å². The molecule has 0 heterocycles. The quantitative estimate of drug-likeness (QED) is 0.795. The molecule has 1 aromatic rings. The maximum Gasteiger partial charge on any atom is 0.255 e. The van der Waals surface area contributed by atoms with Crippen LogP contribution in [0.2, 0.25) is 0 Å². The van der Waals surface area contributed by atoms with Crippen molar-refractivity contribution in [2.24, 2.45) is 0 Å². The summed E-state index contributed by atoms with van der Waals surface area (Å²) < 4.78 is 0. The van der Waals surface area contributed by atoms with Crippen molar-refractivity contribution in [3.8, 4) is 5.75 Å². The molecule has 2 N–H and O–H groups in total. The molecule has 4 heteroatoms. The highest BCUT2D eigenvalue weighted by Crippen LogP contribution is 2.37. The summed E-state index contributed by atoms with van der Waals surface area (Å²) in [6, 6.07) is 5.01. The van der Waals surface area contributed by atoms with Crippen LogP contribution in [0.15, 0.2) is 18.2 Å². The molecule has 0 spiro atoms. The van der Waals surface area contributed by atoms with Crippen molar-refractivity contribution in [2.45, 2.75) is 25.3 Å². The molecule has 1 aliphatic carbocycles. The largest absolute Gasteiger partial charge is 0.507 e. The number of carbonyl (C=O) groups excluding carboxylic acids is 1. The van der Waals surface area contributed by atoms with Crippen LogP contribution >= 0.6 is 11.6 Å². The second-order valence-electron chi connectivity index (χ2n) is 4.39. The average Bonchev–Trinajstić information content (AvgIpc) is 2.98. The molecule has 1 aromatic carbocycles. The van der Waals surface area contributed by atoms with Gasteiger partial charge in [0, 0.05) is 5.88 Å². The van der Waals surface area contributed by atoms with Crippen LogP contribution in [-0.2, 0) is 0 Å². The minimum absolute atomic E-state index is 0.0165. The molecule has 16 heavy (non-hydrogen) atoms. The number of amides is 1. The summed E-state index contributed by atoms with van der Waals surface area (Å²) in [5, 5.41) is 12.5. The zero-order valence-electron chi connectivity index (χ0n) is 9.09. The number of phenolic OH excluding ortho intramolecular Hbond substituents is 1. The van der Waals surface area contributed by atoms with E-state index in [1.807, 2.05) is 6.92 Å². The Hall–Kier alpha value is -1.22. The molecule has 0 bridgehead atoms. The molecule has 0 saturated heterocycles. The molecule has 1 fully saturated rings. The summed E-state index contributed by atoms with van der Waals surface area (Å²) in [4.78, 5) is 11.9. The van der Waals surface area contributed by atoms with Crippen LogP contribution in [-0.4, -0.2) is 22.4 Å². The highest BCUT2D eigenvalue weighted by atomic mass is 35.5. The van der Waals surface area contributed by atoms with Gasteiger partial charge in [-0.3, -0.25) is 4.79 Å². The molecule has 0 radical (unpaired) electrons. The van der Waals surface area contributed by atoms with Gasteiger partial charge in [0.05, 0.1) is 11.1 Å². The normalized spacial score (nSPS) is 16.9. The van der Waals surface area contributed by atoms with Gasteiger partial charge in [0.2, 0.25) is 0 Å². The Kier molecular flexibility index (Phi) is 2.80. The standard InChI is InChI=1S/C12H14ClNO2/c1-8-2-3-9(10(15)6-8)11(16)14-12(7-13)4-5-12/h2-3,6,15H,4-5,7H2,1H3,(H,14,16). The lowest BCUT2D eigenvalue weighted by Gasteiger charge is -2.14. The molecular formula is C12H14ClNO2. The Bertz CT molecular complexity index is 427. The van der Waals surface area contributed by atoms with Crippen LogP contribution in [0.5, 0.6) is 5.75 Å². The van der Waals surface area contributed by atoms with Gasteiger partial charge in [0.1, 0.15) is 5.75 Å². The molecule has 0 unspecified atom stereocenters. The molecule has 0 aliphatic heterocycles. The fraction of sp³-hybridized carbons (Fsp3) is 0.417. The molecule has 3 nitrogen and oxygen atoms in total. The van der Waals surface area contributed by atoms with E-state index >= 15 is 0 Å². The molecule has 0 atom stereocenters. The Morgan fingerprint density at radius 1 is 1.56 bits per heavy atom. The number of aryl methyl sites for hydroxylation is 1. The smallest absolute Gasteiger partial charge is 0.255 e. The first kappa shape index (κ1) is 11.3. The van der Waals surface area contributed by atoms with Crippen LogP contribution in [0.25, 0.3) is 0 Å². The van der Waals surface area contributed by atoms with E-state index in [0.717, 1.165) is 18.4 Å². The third-order valence-corrected chi connectivity index (χ3v) is 3.40. The molecule has 1 aliphatic rings. The lowest BCUT2D eigenvalue weighted by molar-refractivity contribution is 0.0933. The lowest BCUT2D eigenvalue weighted by atomic mass is 10.1. The van der Waals surface area contributed by atoms with Crippen molar-refractivity contribution in [3.63, 3.8) is 0 Å². The monoisotopic (exact) mass is 239 g/mol. The summed E-state index contributed by atoms with van der Waals surface area (Å²) in [7, 11) is 0. The van der Waals surface area contributed by atoms with E-state index in [9.17, 15) is 9.90 Å². The van der Waals surface area contributed by atoms with Crippen LogP contribution < -0.4 is 5.32 Å². The van der Waals surface area contributed by atoms with Gasteiger partial charge in [0.25, 0.3) is 5.91 Å². The predicted octanol–water partition coefficient (Wildman–Crippen LogP) is 2.20. The van der Waals surface area contributed by atoms with Crippen molar-refractivity contribution < 1.29 is 9.90 Å². The topological polar surface area (TPSA) is 49.3 Å². The van der Waals surface area contributed by atoms with E-state index in [1.165, 1.54) is 0 Å². The molecular weight excluding hydrogens is 226 g/mol. The summed E-state index contributed by atoms with van der Waals surface area (Å²) in [6.45, 7) is 1.86. The number of carbonyl (C=O) groups is 1. The second kappa shape index (κ2) is 3.98. The van der Waals surface area contributed by atoms with E-state index < -0.39 is 0 Å². The van der Waals surface area contributed by atoms with Crippen molar-refractivity contribution in [3.05, 3.63) is 29.3 Å². The Morgan fingerprint density at radius 3 is 2.75 bits per heavy atom. The van der Waals surface area contributed by atoms with Gasteiger partial charge in [0.15, 0.2) is 0 Å². The highest BCUT2D eigenvalue weighted by Gasteiger charge is 2.43. The van der Waals surface area contributed by atoms with Crippen molar-refractivity contribution >= 4 is 17.5 Å². The third kappa shape index (κ3) is 2.14. The fourth-order valence-electron chi connectivity index (χ4n) is 1.58. The Morgan fingerprint density at radius 2 is 2.25 bits per heavy atom. The second-order valence-corrected chi connectivity index (χ2v) is 4.66. The van der Waals surface area contributed by atoms with Gasteiger partial charge in [-0.1, -0.05) is 6.07 Å².